The number of nitrogens with one attached hydrogen (secondary N) is 1. The highest BCUT2D eigenvalue weighted by Gasteiger charge is 2.39. The highest BCUT2D eigenvalue weighted by Crippen LogP contribution is 2.42. The fourth-order valence-corrected chi connectivity index (χ4v) is 3.40. The van der Waals surface area contributed by atoms with Gasteiger partial charge >= 0.3 is 0 Å². The molecule has 1 saturated heterocycles. The molecule has 5 heteroatoms. The van der Waals surface area contributed by atoms with Crippen LogP contribution in [0.2, 0.25) is 0 Å². The van der Waals surface area contributed by atoms with Crippen molar-refractivity contribution in [3.05, 3.63) is 11.9 Å². The van der Waals surface area contributed by atoms with Crippen LogP contribution in [0.5, 0.6) is 0 Å². The number of nitrogens with zero attached hydrogens (tertiary/aromatic N) is 3. The Balaban J connectivity index is 1.68. The molecule has 2 aliphatic carbocycles. The van der Waals surface area contributed by atoms with Crippen molar-refractivity contribution >= 4 is 11.6 Å². The molecule has 2 unspecified atom stereocenters. The molecule has 96 valence electrons. The van der Waals surface area contributed by atoms with Gasteiger partial charge in [0.2, 0.25) is 0 Å². The third kappa shape index (κ3) is 1.65. The van der Waals surface area contributed by atoms with Crippen LogP contribution in [0.3, 0.4) is 0 Å². The summed E-state index contributed by atoms with van der Waals surface area (Å²) in [6.07, 6.45) is 6.50. The monoisotopic (exact) mass is 245 g/mol. The maximum Gasteiger partial charge on any atom is 0.145 e. The molecule has 0 radical (unpaired) electrons. The van der Waals surface area contributed by atoms with E-state index in [9.17, 15) is 0 Å². The van der Waals surface area contributed by atoms with Gasteiger partial charge in [-0.2, -0.15) is 0 Å². The van der Waals surface area contributed by atoms with Crippen molar-refractivity contribution in [3.8, 4) is 0 Å². The molecule has 5 nitrogen and oxygen atoms in total. The first-order chi connectivity index (χ1) is 8.83. The van der Waals surface area contributed by atoms with Crippen molar-refractivity contribution in [3.63, 3.8) is 0 Å². The van der Waals surface area contributed by atoms with Gasteiger partial charge in [0.1, 0.15) is 17.5 Å². The molecule has 3 fully saturated rings. The third-order valence-electron chi connectivity index (χ3n) is 4.52. The van der Waals surface area contributed by atoms with Crippen LogP contribution in [0.1, 0.15) is 43.8 Å². The van der Waals surface area contributed by atoms with E-state index >= 15 is 0 Å². The Hall–Kier alpha value is -1.36. The normalized spacial score (nSPS) is 29.9. The van der Waals surface area contributed by atoms with Gasteiger partial charge in [-0.1, -0.05) is 0 Å². The summed E-state index contributed by atoms with van der Waals surface area (Å²) in [6.45, 7) is 1.16. The zero-order valence-corrected chi connectivity index (χ0v) is 10.5. The average molecular weight is 245 g/mol. The van der Waals surface area contributed by atoms with Crippen molar-refractivity contribution in [2.45, 2.75) is 44.1 Å². The number of fused-ring (bicyclic) bond motifs is 2. The predicted molar refractivity (Wildman–Crippen MR) is 70.3 cm³/mol. The Morgan fingerprint density at radius 3 is 2.72 bits per heavy atom. The Morgan fingerprint density at radius 2 is 2.11 bits per heavy atom. The van der Waals surface area contributed by atoms with Crippen LogP contribution >= 0.6 is 0 Å². The molecule has 1 aromatic rings. The molecule has 2 heterocycles. The largest absolute Gasteiger partial charge is 0.353 e. The molecule has 2 atom stereocenters. The molecule has 1 aromatic heterocycles. The Morgan fingerprint density at radius 1 is 1.22 bits per heavy atom. The lowest BCUT2D eigenvalue weighted by Gasteiger charge is -2.28. The maximum absolute atomic E-state index is 5.52. The number of rotatable bonds is 3. The number of piperidine rings is 1. The van der Waals surface area contributed by atoms with E-state index in [-0.39, 0.29) is 0 Å². The maximum atomic E-state index is 5.52. The lowest BCUT2D eigenvalue weighted by molar-refractivity contribution is 0.549. The molecule has 3 N–H and O–H groups in total. The van der Waals surface area contributed by atoms with Gasteiger partial charge in [-0.3, -0.25) is 0 Å². The number of aromatic nitrogens is 2. The predicted octanol–water partition coefficient (Wildman–Crippen LogP) is 1.63. The standard InChI is InChI=1S/C13H19N5/c14-17-11-6-12(16-13(15-11)9-2-3-9)18-7-8-1-4-10(18)5-8/h6,8-10H,1-5,7,14H2,(H,15,16,17). The van der Waals surface area contributed by atoms with Gasteiger partial charge in [-0.25, -0.2) is 15.8 Å². The van der Waals surface area contributed by atoms with E-state index < -0.39 is 0 Å². The SMILES string of the molecule is NNc1cc(N2CC3CCC2C3)nc(C2CC2)n1. The first-order valence-corrected chi connectivity index (χ1v) is 6.95. The second-order valence-electron chi connectivity index (χ2n) is 5.87. The van der Waals surface area contributed by atoms with E-state index in [1.807, 2.05) is 6.07 Å². The molecule has 2 saturated carbocycles. The van der Waals surface area contributed by atoms with Crippen molar-refractivity contribution in [2.75, 3.05) is 16.9 Å². The molecule has 4 rings (SSSR count). The van der Waals surface area contributed by atoms with Crippen LogP contribution in [0.15, 0.2) is 6.07 Å². The first kappa shape index (κ1) is 10.6. The lowest BCUT2D eigenvalue weighted by atomic mass is 10.1. The minimum Gasteiger partial charge on any atom is -0.353 e. The zero-order valence-electron chi connectivity index (χ0n) is 10.5. The van der Waals surface area contributed by atoms with Gasteiger partial charge < -0.3 is 10.3 Å². The highest BCUT2D eigenvalue weighted by molar-refractivity contribution is 5.51. The Labute approximate surface area is 107 Å². The quantitative estimate of drug-likeness (QED) is 0.626. The second kappa shape index (κ2) is 3.82. The Bertz CT molecular complexity index is 470. The first-order valence-electron chi connectivity index (χ1n) is 6.95. The van der Waals surface area contributed by atoms with Crippen LogP contribution < -0.4 is 16.2 Å². The summed E-state index contributed by atoms with van der Waals surface area (Å²) in [7, 11) is 0. The van der Waals surface area contributed by atoms with Gasteiger partial charge in [0.25, 0.3) is 0 Å². The minimum atomic E-state index is 0.567. The molecule has 0 aromatic carbocycles. The molecule has 18 heavy (non-hydrogen) atoms. The van der Waals surface area contributed by atoms with Crippen molar-refractivity contribution < 1.29 is 0 Å². The highest BCUT2D eigenvalue weighted by atomic mass is 15.3. The molecular formula is C13H19N5. The molecule has 0 amide bonds. The van der Waals surface area contributed by atoms with Crippen molar-refractivity contribution in [2.24, 2.45) is 11.8 Å². The molecule has 1 aliphatic heterocycles. The summed E-state index contributed by atoms with van der Waals surface area (Å²) in [6, 6.07) is 2.69. The molecule has 3 aliphatic rings. The van der Waals surface area contributed by atoms with E-state index in [2.05, 4.69) is 15.3 Å². The van der Waals surface area contributed by atoms with Crippen LogP contribution in [0.4, 0.5) is 11.6 Å². The third-order valence-corrected chi connectivity index (χ3v) is 4.52. The number of hydrogen-bond acceptors (Lipinski definition) is 5. The van der Waals surface area contributed by atoms with E-state index in [4.69, 9.17) is 10.8 Å². The summed E-state index contributed by atoms with van der Waals surface area (Å²) in [5, 5.41) is 0. The molecule has 2 bridgehead atoms. The van der Waals surface area contributed by atoms with Gasteiger partial charge in [0, 0.05) is 24.6 Å². The van der Waals surface area contributed by atoms with Crippen LogP contribution in [-0.2, 0) is 0 Å². The smallest absolute Gasteiger partial charge is 0.145 e. The van der Waals surface area contributed by atoms with Crippen LogP contribution in [0.25, 0.3) is 0 Å². The topological polar surface area (TPSA) is 67.1 Å². The van der Waals surface area contributed by atoms with E-state index in [1.54, 1.807) is 0 Å². The van der Waals surface area contributed by atoms with Crippen molar-refractivity contribution in [1.29, 1.82) is 0 Å². The fourth-order valence-electron chi connectivity index (χ4n) is 3.40. The molecular weight excluding hydrogens is 226 g/mol. The van der Waals surface area contributed by atoms with E-state index in [0.717, 1.165) is 29.9 Å². The number of nitrogen functional groups attached to an aromatic ring is 1. The summed E-state index contributed by atoms with van der Waals surface area (Å²) in [5.41, 5.74) is 2.68. The van der Waals surface area contributed by atoms with Gasteiger partial charge in [-0.15, -0.1) is 0 Å². The van der Waals surface area contributed by atoms with Gasteiger partial charge in [0.15, 0.2) is 0 Å². The van der Waals surface area contributed by atoms with Gasteiger partial charge in [-0.05, 0) is 38.0 Å². The number of anilines is 2. The summed E-state index contributed by atoms with van der Waals surface area (Å²) >= 11 is 0. The second-order valence-corrected chi connectivity index (χ2v) is 5.87. The molecule has 0 spiro atoms. The van der Waals surface area contributed by atoms with Gasteiger partial charge in [0.05, 0.1) is 0 Å². The summed E-state index contributed by atoms with van der Waals surface area (Å²) in [5.74, 6) is 9.77. The minimum absolute atomic E-state index is 0.567. The van der Waals surface area contributed by atoms with E-state index in [0.29, 0.717) is 12.0 Å². The average Bonchev–Trinajstić information content (AvgIpc) is 3.06. The summed E-state index contributed by atoms with van der Waals surface area (Å²) in [4.78, 5) is 11.7. The summed E-state index contributed by atoms with van der Waals surface area (Å²) < 4.78 is 0. The van der Waals surface area contributed by atoms with E-state index in [1.165, 1.54) is 32.1 Å². The fraction of sp³-hybridized carbons (Fsp3) is 0.692. The number of nitrogens with two attached hydrogens (primary N) is 1. The Kier molecular flexibility index (Phi) is 2.24. The van der Waals surface area contributed by atoms with Crippen molar-refractivity contribution in [1.82, 2.24) is 9.97 Å². The number of hydrazine groups is 1. The zero-order chi connectivity index (χ0) is 12.1. The number of hydrogen-bond donors (Lipinski definition) is 2. The van der Waals surface area contributed by atoms with Crippen LogP contribution in [0, 0.1) is 5.92 Å². The van der Waals surface area contributed by atoms with Crippen LogP contribution in [-0.4, -0.2) is 22.6 Å². The lowest BCUT2D eigenvalue weighted by Crippen LogP contribution is -2.33.